The van der Waals surface area contributed by atoms with E-state index >= 15 is 0 Å². The number of anilines is 3. The summed E-state index contributed by atoms with van der Waals surface area (Å²) in [6, 6.07) is 11.6. The van der Waals surface area contributed by atoms with Crippen LogP contribution in [0, 0.1) is 0 Å². The summed E-state index contributed by atoms with van der Waals surface area (Å²) in [6.45, 7) is 6.78. The Morgan fingerprint density at radius 2 is 1.91 bits per heavy atom. The van der Waals surface area contributed by atoms with Gasteiger partial charge in [-0.3, -0.25) is 9.36 Å². The Labute approximate surface area is 187 Å². The van der Waals surface area contributed by atoms with Gasteiger partial charge in [-0.2, -0.15) is 0 Å². The molecule has 2 amide bonds. The number of pyridine rings is 1. The van der Waals surface area contributed by atoms with Crippen LogP contribution >= 0.6 is 0 Å². The quantitative estimate of drug-likeness (QED) is 0.568. The summed E-state index contributed by atoms with van der Waals surface area (Å²) in [5, 5.41) is 7.06. The Hall–Kier alpha value is -3.59. The van der Waals surface area contributed by atoms with Crippen molar-refractivity contribution in [2.24, 2.45) is 5.73 Å². The van der Waals surface area contributed by atoms with Gasteiger partial charge in [0.2, 0.25) is 5.91 Å². The van der Waals surface area contributed by atoms with Gasteiger partial charge in [0.1, 0.15) is 0 Å². The largest absolute Gasteiger partial charge is 0.380 e. The number of fused-ring (bicyclic) bond motifs is 1. The predicted octanol–water partition coefficient (Wildman–Crippen LogP) is 2.54. The van der Waals surface area contributed by atoms with Crippen LogP contribution in [0.5, 0.6) is 0 Å². The minimum Gasteiger partial charge on any atom is -0.380 e. The first-order valence-corrected chi connectivity index (χ1v) is 10.8. The molecule has 4 rings (SSSR count). The van der Waals surface area contributed by atoms with E-state index in [2.05, 4.69) is 34.4 Å². The Kier molecular flexibility index (Phi) is 6.27. The molecule has 0 radical (unpaired) electrons. The molecule has 1 aromatic carbocycles. The van der Waals surface area contributed by atoms with Crippen LogP contribution in [0.4, 0.5) is 22.0 Å². The molecule has 0 atom stereocenters. The van der Waals surface area contributed by atoms with Crippen LogP contribution in [-0.4, -0.2) is 65.2 Å². The molecule has 4 N–H and O–H groups in total. The number of amides is 2. The molecule has 2 aromatic heterocycles. The van der Waals surface area contributed by atoms with E-state index in [9.17, 15) is 9.59 Å². The van der Waals surface area contributed by atoms with Crippen LogP contribution < -0.4 is 21.3 Å². The third kappa shape index (κ3) is 4.52. The number of hydrogen-bond donors (Lipinski definition) is 3. The number of rotatable bonds is 5. The highest BCUT2D eigenvalue weighted by Crippen LogP contribution is 2.25. The average Bonchev–Trinajstić information content (AvgIpc) is 3.22. The highest BCUT2D eigenvalue weighted by atomic mass is 16.2. The fraction of sp³-hybridized carbons (Fsp3) is 0.348. The standard InChI is InChI=1S/C23H29N7O2/c1-16(2)26-19-4-3-8-25-22(19)28-10-12-29(13-11-28)23(32)30-9-7-17-14-18(5-6-20(17)30)27-21(31)15-24/h3-9,14,16,26H,10-13,15,24H2,1-2H3,(H,27,31). The van der Waals surface area contributed by atoms with Crippen LogP contribution in [0.3, 0.4) is 0 Å². The summed E-state index contributed by atoms with van der Waals surface area (Å²) in [5.74, 6) is 0.671. The zero-order valence-corrected chi connectivity index (χ0v) is 18.4. The van der Waals surface area contributed by atoms with Gasteiger partial charge in [-0.05, 0) is 50.2 Å². The molecule has 0 saturated carbocycles. The van der Waals surface area contributed by atoms with Crippen molar-refractivity contribution in [1.82, 2.24) is 14.5 Å². The second-order valence-electron chi connectivity index (χ2n) is 8.14. The maximum atomic E-state index is 13.2. The molecule has 9 nitrogen and oxygen atoms in total. The van der Waals surface area contributed by atoms with Crippen LogP contribution in [0.1, 0.15) is 13.8 Å². The number of piperazine rings is 1. The SMILES string of the molecule is CC(C)Nc1cccnc1N1CCN(C(=O)n2ccc3cc(NC(=O)CN)ccc32)CC1. The molecule has 1 saturated heterocycles. The molecule has 0 unspecified atom stereocenters. The normalized spacial score (nSPS) is 14.1. The van der Waals surface area contributed by atoms with E-state index < -0.39 is 0 Å². The Balaban J connectivity index is 1.45. The summed E-state index contributed by atoms with van der Waals surface area (Å²) < 4.78 is 1.66. The van der Waals surface area contributed by atoms with E-state index in [0.717, 1.165) is 22.4 Å². The third-order valence-electron chi connectivity index (χ3n) is 5.45. The van der Waals surface area contributed by atoms with Crippen LogP contribution in [-0.2, 0) is 4.79 Å². The maximum Gasteiger partial charge on any atom is 0.328 e. The number of hydrogen-bond acceptors (Lipinski definition) is 6. The van der Waals surface area contributed by atoms with Crippen molar-refractivity contribution in [3.63, 3.8) is 0 Å². The molecular weight excluding hydrogens is 406 g/mol. The van der Waals surface area contributed by atoms with Gasteiger partial charge < -0.3 is 26.2 Å². The Bertz CT molecular complexity index is 1120. The summed E-state index contributed by atoms with van der Waals surface area (Å²) >= 11 is 0. The van der Waals surface area contributed by atoms with Gasteiger partial charge in [0.15, 0.2) is 5.82 Å². The molecule has 3 aromatic rings. The molecular formula is C23H29N7O2. The van der Waals surface area contributed by atoms with E-state index in [4.69, 9.17) is 5.73 Å². The van der Waals surface area contributed by atoms with Gasteiger partial charge >= 0.3 is 6.03 Å². The summed E-state index contributed by atoms with van der Waals surface area (Å²) in [5.41, 5.74) is 7.83. The van der Waals surface area contributed by atoms with Gasteiger partial charge in [0.25, 0.3) is 0 Å². The monoisotopic (exact) mass is 435 g/mol. The van der Waals surface area contributed by atoms with Crippen molar-refractivity contribution in [3.05, 3.63) is 48.8 Å². The van der Waals surface area contributed by atoms with Gasteiger partial charge in [0, 0.05) is 55.7 Å². The summed E-state index contributed by atoms with van der Waals surface area (Å²) in [6.07, 6.45) is 3.58. The van der Waals surface area contributed by atoms with E-state index in [0.29, 0.717) is 37.9 Å². The number of nitrogens with two attached hydrogens (primary N) is 1. The number of aromatic nitrogens is 2. The minimum atomic E-state index is -0.252. The number of carbonyl (C=O) groups is 2. The summed E-state index contributed by atoms with van der Waals surface area (Å²) in [4.78, 5) is 33.4. The van der Waals surface area contributed by atoms with Crippen molar-refractivity contribution in [3.8, 4) is 0 Å². The van der Waals surface area contributed by atoms with Crippen molar-refractivity contribution in [2.75, 3.05) is 48.3 Å². The molecule has 32 heavy (non-hydrogen) atoms. The second-order valence-corrected chi connectivity index (χ2v) is 8.14. The third-order valence-corrected chi connectivity index (χ3v) is 5.45. The molecule has 168 valence electrons. The zero-order chi connectivity index (χ0) is 22.7. The highest BCUT2D eigenvalue weighted by molar-refractivity contribution is 5.97. The Morgan fingerprint density at radius 3 is 2.62 bits per heavy atom. The fourth-order valence-electron chi connectivity index (χ4n) is 3.93. The number of nitrogens with zero attached hydrogens (tertiary/aromatic N) is 4. The van der Waals surface area contributed by atoms with E-state index in [1.807, 2.05) is 35.2 Å². The van der Waals surface area contributed by atoms with E-state index in [1.54, 1.807) is 23.0 Å². The first kappa shape index (κ1) is 21.6. The lowest BCUT2D eigenvalue weighted by molar-refractivity contribution is -0.114. The van der Waals surface area contributed by atoms with Crippen molar-refractivity contribution in [1.29, 1.82) is 0 Å². The van der Waals surface area contributed by atoms with Crippen molar-refractivity contribution >= 4 is 40.0 Å². The molecule has 0 aliphatic carbocycles. The van der Waals surface area contributed by atoms with Crippen molar-refractivity contribution < 1.29 is 9.59 Å². The van der Waals surface area contributed by atoms with Crippen molar-refractivity contribution in [2.45, 2.75) is 19.9 Å². The molecule has 3 heterocycles. The molecule has 0 bridgehead atoms. The van der Waals surface area contributed by atoms with E-state index in [-0.39, 0.29) is 18.5 Å². The fourth-order valence-corrected chi connectivity index (χ4v) is 3.93. The first-order valence-electron chi connectivity index (χ1n) is 10.8. The molecule has 0 spiro atoms. The summed E-state index contributed by atoms with van der Waals surface area (Å²) in [7, 11) is 0. The lowest BCUT2D eigenvalue weighted by Crippen LogP contribution is -2.50. The predicted molar refractivity (Wildman–Crippen MR) is 127 cm³/mol. The first-order chi connectivity index (χ1) is 15.5. The minimum absolute atomic E-state index is 0.0556. The highest BCUT2D eigenvalue weighted by Gasteiger charge is 2.25. The lowest BCUT2D eigenvalue weighted by Gasteiger charge is -2.36. The molecule has 1 aliphatic rings. The number of nitrogens with one attached hydrogen (secondary N) is 2. The van der Waals surface area contributed by atoms with Crippen LogP contribution in [0.25, 0.3) is 10.9 Å². The molecule has 9 heteroatoms. The van der Waals surface area contributed by atoms with Crippen LogP contribution in [0.2, 0.25) is 0 Å². The van der Waals surface area contributed by atoms with E-state index in [1.165, 1.54) is 0 Å². The maximum absolute atomic E-state index is 13.2. The van der Waals surface area contributed by atoms with Crippen LogP contribution in [0.15, 0.2) is 48.8 Å². The number of carbonyl (C=O) groups excluding carboxylic acids is 2. The van der Waals surface area contributed by atoms with Gasteiger partial charge in [-0.25, -0.2) is 9.78 Å². The van der Waals surface area contributed by atoms with Gasteiger partial charge in [-0.15, -0.1) is 0 Å². The Morgan fingerprint density at radius 1 is 1.12 bits per heavy atom. The molecule has 1 aliphatic heterocycles. The topological polar surface area (TPSA) is 109 Å². The number of benzene rings is 1. The van der Waals surface area contributed by atoms with Gasteiger partial charge in [-0.1, -0.05) is 0 Å². The smallest absolute Gasteiger partial charge is 0.328 e. The second kappa shape index (κ2) is 9.27. The zero-order valence-electron chi connectivity index (χ0n) is 18.4. The average molecular weight is 436 g/mol. The lowest BCUT2D eigenvalue weighted by atomic mass is 10.2. The van der Waals surface area contributed by atoms with Gasteiger partial charge in [0.05, 0.1) is 17.7 Å². The molecule has 1 fully saturated rings.